The molecule has 0 atom stereocenters. The van der Waals surface area contributed by atoms with E-state index >= 15 is 0 Å². The fourth-order valence-corrected chi connectivity index (χ4v) is 4.50. The standard InChI is InChI=1S/C32H34N2O2/c35-29(36)24-16-5-3-1-2-4-6-17-25-34-32(28-22-14-9-15-23-28)30(26-18-10-7-11-19-26)31(33-34)27-20-12-8-13-21-27/h1,3,7-15,18-23H,2,4-6,16-17,24-25H2,(H,35,36). The molecular weight excluding hydrogens is 444 g/mol. The first-order chi connectivity index (χ1) is 17.7. The number of carbonyl (C=O) groups is 1. The maximum atomic E-state index is 10.6. The molecule has 3 aromatic carbocycles. The number of unbranched alkanes of at least 4 members (excludes halogenated alkanes) is 4. The zero-order valence-electron chi connectivity index (χ0n) is 20.7. The second kappa shape index (κ2) is 13.2. The van der Waals surface area contributed by atoms with Crippen molar-refractivity contribution in [1.82, 2.24) is 9.78 Å². The lowest BCUT2D eigenvalue weighted by atomic mass is 9.96. The molecule has 0 unspecified atom stereocenters. The third-order valence-corrected chi connectivity index (χ3v) is 6.28. The lowest BCUT2D eigenvalue weighted by Crippen LogP contribution is -2.03. The summed E-state index contributed by atoms with van der Waals surface area (Å²) in [6.45, 7) is 0.860. The summed E-state index contributed by atoms with van der Waals surface area (Å²) in [5.74, 6) is -0.720. The number of benzene rings is 3. The molecule has 0 fully saturated rings. The van der Waals surface area contributed by atoms with Crippen molar-refractivity contribution in [3.8, 4) is 33.6 Å². The fraction of sp³-hybridized carbons (Fsp3) is 0.250. The van der Waals surface area contributed by atoms with Gasteiger partial charge in [0, 0.05) is 29.7 Å². The number of carboxylic acid groups (broad SMARTS) is 1. The summed E-state index contributed by atoms with van der Waals surface area (Å²) in [6.07, 6.45) is 10.4. The number of carboxylic acids is 1. The topological polar surface area (TPSA) is 55.1 Å². The number of rotatable bonds is 13. The van der Waals surface area contributed by atoms with Gasteiger partial charge >= 0.3 is 5.97 Å². The van der Waals surface area contributed by atoms with Crippen LogP contribution in [0.15, 0.2) is 103 Å². The summed E-state index contributed by atoms with van der Waals surface area (Å²) in [5, 5.41) is 13.9. The normalized spacial score (nSPS) is 11.2. The second-order valence-corrected chi connectivity index (χ2v) is 9.00. The lowest BCUT2D eigenvalue weighted by Gasteiger charge is -2.11. The molecule has 1 heterocycles. The minimum Gasteiger partial charge on any atom is -0.481 e. The van der Waals surface area contributed by atoms with Crippen LogP contribution in [-0.2, 0) is 11.3 Å². The van der Waals surface area contributed by atoms with E-state index in [-0.39, 0.29) is 6.42 Å². The van der Waals surface area contributed by atoms with Crippen molar-refractivity contribution in [3.05, 3.63) is 103 Å². The SMILES string of the molecule is O=C(O)CCCC=CCCCCCn1nc(-c2ccccc2)c(-c2ccccc2)c1-c1ccccc1. The highest BCUT2D eigenvalue weighted by atomic mass is 16.4. The van der Waals surface area contributed by atoms with Gasteiger partial charge in [0.05, 0.1) is 5.69 Å². The number of hydrogen-bond donors (Lipinski definition) is 1. The first-order valence-electron chi connectivity index (χ1n) is 12.9. The minimum absolute atomic E-state index is 0.244. The van der Waals surface area contributed by atoms with Crippen LogP contribution in [0.3, 0.4) is 0 Å². The molecule has 1 aromatic heterocycles. The molecule has 0 saturated carbocycles. The van der Waals surface area contributed by atoms with E-state index in [0.717, 1.165) is 49.9 Å². The van der Waals surface area contributed by atoms with Crippen molar-refractivity contribution in [3.63, 3.8) is 0 Å². The minimum atomic E-state index is -0.720. The van der Waals surface area contributed by atoms with Crippen LogP contribution in [0.25, 0.3) is 33.6 Å². The summed E-state index contributed by atoms with van der Waals surface area (Å²) in [7, 11) is 0. The van der Waals surface area contributed by atoms with Crippen LogP contribution >= 0.6 is 0 Å². The van der Waals surface area contributed by atoms with Crippen molar-refractivity contribution >= 4 is 5.97 Å². The van der Waals surface area contributed by atoms with Crippen molar-refractivity contribution in [2.24, 2.45) is 0 Å². The van der Waals surface area contributed by atoms with Crippen LogP contribution in [0.1, 0.15) is 44.9 Å². The maximum absolute atomic E-state index is 10.6. The Morgan fingerprint density at radius 2 is 1.25 bits per heavy atom. The van der Waals surface area contributed by atoms with Gasteiger partial charge < -0.3 is 5.11 Å². The van der Waals surface area contributed by atoms with E-state index in [2.05, 4.69) is 102 Å². The van der Waals surface area contributed by atoms with E-state index in [1.54, 1.807) is 0 Å². The Bertz CT molecular complexity index is 1250. The zero-order valence-corrected chi connectivity index (χ0v) is 20.7. The van der Waals surface area contributed by atoms with E-state index in [1.165, 1.54) is 22.4 Å². The van der Waals surface area contributed by atoms with Crippen LogP contribution in [0.2, 0.25) is 0 Å². The molecule has 4 rings (SSSR count). The molecule has 0 radical (unpaired) electrons. The molecule has 0 saturated heterocycles. The van der Waals surface area contributed by atoms with Gasteiger partial charge in [-0.15, -0.1) is 0 Å². The smallest absolute Gasteiger partial charge is 0.303 e. The maximum Gasteiger partial charge on any atom is 0.303 e. The molecule has 0 spiro atoms. The number of hydrogen-bond acceptors (Lipinski definition) is 2. The van der Waals surface area contributed by atoms with E-state index in [0.29, 0.717) is 6.42 Å². The monoisotopic (exact) mass is 478 g/mol. The molecule has 4 nitrogen and oxygen atoms in total. The molecule has 184 valence electrons. The number of aliphatic carboxylic acids is 1. The molecule has 0 amide bonds. The van der Waals surface area contributed by atoms with Gasteiger partial charge in [-0.25, -0.2) is 0 Å². The molecule has 0 aliphatic heterocycles. The third-order valence-electron chi connectivity index (χ3n) is 6.28. The Balaban J connectivity index is 1.53. The van der Waals surface area contributed by atoms with Gasteiger partial charge in [-0.2, -0.15) is 5.10 Å². The zero-order chi connectivity index (χ0) is 25.0. The Morgan fingerprint density at radius 3 is 1.86 bits per heavy atom. The van der Waals surface area contributed by atoms with Crippen molar-refractivity contribution in [2.45, 2.75) is 51.5 Å². The number of aromatic nitrogens is 2. The van der Waals surface area contributed by atoms with E-state index in [9.17, 15) is 4.79 Å². The van der Waals surface area contributed by atoms with Crippen LogP contribution < -0.4 is 0 Å². The van der Waals surface area contributed by atoms with Gasteiger partial charge in [0.25, 0.3) is 0 Å². The summed E-state index contributed by atoms with van der Waals surface area (Å²) < 4.78 is 2.20. The average molecular weight is 479 g/mol. The molecular formula is C32H34N2O2. The molecule has 4 aromatic rings. The lowest BCUT2D eigenvalue weighted by molar-refractivity contribution is -0.137. The molecule has 4 heteroatoms. The van der Waals surface area contributed by atoms with Crippen molar-refractivity contribution < 1.29 is 9.90 Å². The predicted molar refractivity (Wildman–Crippen MR) is 148 cm³/mol. The van der Waals surface area contributed by atoms with Crippen LogP contribution in [-0.4, -0.2) is 20.9 Å². The average Bonchev–Trinajstić information content (AvgIpc) is 3.30. The van der Waals surface area contributed by atoms with E-state index < -0.39 is 5.97 Å². The number of allylic oxidation sites excluding steroid dienone is 2. The quantitative estimate of drug-likeness (QED) is 0.155. The second-order valence-electron chi connectivity index (χ2n) is 9.00. The summed E-state index contributed by atoms with van der Waals surface area (Å²) >= 11 is 0. The molecule has 0 aliphatic rings. The van der Waals surface area contributed by atoms with E-state index in [4.69, 9.17) is 10.2 Å². The number of nitrogens with zero attached hydrogens (tertiary/aromatic N) is 2. The highest BCUT2D eigenvalue weighted by Gasteiger charge is 2.21. The van der Waals surface area contributed by atoms with Gasteiger partial charge in [-0.3, -0.25) is 9.48 Å². The molecule has 1 N–H and O–H groups in total. The van der Waals surface area contributed by atoms with E-state index in [1.807, 2.05) is 6.07 Å². The highest BCUT2D eigenvalue weighted by Crippen LogP contribution is 2.40. The Labute approximate surface area is 213 Å². The Morgan fingerprint density at radius 1 is 0.694 bits per heavy atom. The van der Waals surface area contributed by atoms with Gasteiger partial charge in [-0.05, 0) is 37.7 Å². The van der Waals surface area contributed by atoms with Crippen LogP contribution in [0, 0.1) is 0 Å². The Kier molecular flexibility index (Phi) is 9.26. The molecule has 0 aliphatic carbocycles. The summed E-state index contributed by atoms with van der Waals surface area (Å²) in [5.41, 5.74) is 6.84. The largest absolute Gasteiger partial charge is 0.481 e. The van der Waals surface area contributed by atoms with Gasteiger partial charge in [0.1, 0.15) is 5.69 Å². The summed E-state index contributed by atoms with van der Waals surface area (Å²) in [6, 6.07) is 31.6. The van der Waals surface area contributed by atoms with Gasteiger partial charge in [0.2, 0.25) is 0 Å². The fourth-order valence-electron chi connectivity index (χ4n) is 4.50. The first kappa shape index (κ1) is 25.2. The van der Waals surface area contributed by atoms with Gasteiger partial charge in [0.15, 0.2) is 0 Å². The van der Waals surface area contributed by atoms with Crippen LogP contribution in [0.4, 0.5) is 0 Å². The Hall–Kier alpha value is -3.92. The number of aryl methyl sites for hydroxylation is 1. The van der Waals surface area contributed by atoms with Crippen molar-refractivity contribution in [1.29, 1.82) is 0 Å². The predicted octanol–water partition coefficient (Wildman–Crippen LogP) is 8.26. The highest BCUT2D eigenvalue weighted by molar-refractivity contribution is 5.91. The molecule has 36 heavy (non-hydrogen) atoms. The van der Waals surface area contributed by atoms with Crippen LogP contribution in [0.5, 0.6) is 0 Å². The van der Waals surface area contributed by atoms with Crippen molar-refractivity contribution in [2.75, 3.05) is 0 Å². The third kappa shape index (κ3) is 6.82. The van der Waals surface area contributed by atoms with Gasteiger partial charge in [-0.1, -0.05) is 110 Å². The first-order valence-corrected chi connectivity index (χ1v) is 12.9. The molecule has 0 bridgehead atoms. The summed E-state index contributed by atoms with van der Waals surface area (Å²) in [4.78, 5) is 10.6.